The second-order valence-corrected chi connectivity index (χ2v) is 4.58. The summed E-state index contributed by atoms with van der Waals surface area (Å²) < 4.78 is 0. The first-order valence-corrected chi connectivity index (χ1v) is 4.98. The third-order valence-electron chi connectivity index (χ3n) is 2.11. The normalized spacial score (nSPS) is 11.8. The van der Waals surface area contributed by atoms with E-state index >= 15 is 0 Å². The van der Waals surface area contributed by atoms with Gasteiger partial charge in [0, 0.05) is 11.6 Å². The molecule has 0 aromatic carbocycles. The summed E-state index contributed by atoms with van der Waals surface area (Å²) in [6.45, 7) is 9.05. The molecule has 0 atom stereocenters. The molecule has 0 fully saturated rings. The molecule has 0 bridgehead atoms. The maximum absolute atomic E-state index is 5.56. The summed E-state index contributed by atoms with van der Waals surface area (Å²) in [7, 11) is 0. The van der Waals surface area contributed by atoms with Gasteiger partial charge in [-0.15, -0.1) is 0 Å². The van der Waals surface area contributed by atoms with Gasteiger partial charge in [-0.2, -0.15) is 0 Å². The van der Waals surface area contributed by atoms with E-state index in [2.05, 4.69) is 30.7 Å². The Morgan fingerprint density at radius 1 is 1.36 bits per heavy atom. The predicted molar refractivity (Wildman–Crippen MR) is 58.2 cm³/mol. The van der Waals surface area contributed by atoms with Gasteiger partial charge in [-0.05, 0) is 25.5 Å². The molecule has 0 radical (unpaired) electrons. The number of nitrogens with two attached hydrogens (primary N) is 1. The highest BCUT2D eigenvalue weighted by atomic mass is 14.9. The summed E-state index contributed by atoms with van der Waals surface area (Å²) in [5.41, 5.74) is 7.92. The van der Waals surface area contributed by atoms with Crippen LogP contribution in [-0.2, 0) is 11.8 Å². The SMILES string of the molecule is Cc1ncc(CCN)c(C(C)(C)C)n1. The fraction of sp³-hybridized carbons (Fsp3) is 0.636. The van der Waals surface area contributed by atoms with Gasteiger partial charge in [0.15, 0.2) is 0 Å². The van der Waals surface area contributed by atoms with Crippen LogP contribution in [0.25, 0.3) is 0 Å². The van der Waals surface area contributed by atoms with Crippen molar-refractivity contribution in [2.75, 3.05) is 6.54 Å². The van der Waals surface area contributed by atoms with E-state index in [4.69, 9.17) is 5.73 Å². The second-order valence-electron chi connectivity index (χ2n) is 4.58. The Kier molecular flexibility index (Phi) is 3.21. The zero-order valence-corrected chi connectivity index (χ0v) is 9.46. The molecule has 3 nitrogen and oxygen atoms in total. The van der Waals surface area contributed by atoms with Crippen molar-refractivity contribution >= 4 is 0 Å². The quantitative estimate of drug-likeness (QED) is 0.776. The topological polar surface area (TPSA) is 51.8 Å². The minimum atomic E-state index is 0.0677. The Morgan fingerprint density at radius 2 is 2.00 bits per heavy atom. The molecule has 78 valence electrons. The molecular weight excluding hydrogens is 174 g/mol. The summed E-state index contributed by atoms with van der Waals surface area (Å²) in [5, 5.41) is 0. The number of aryl methyl sites for hydroxylation is 1. The molecule has 0 amide bonds. The van der Waals surface area contributed by atoms with Gasteiger partial charge >= 0.3 is 0 Å². The predicted octanol–water partition coefficient (Wildman–Crippen LogP) is 1.58. The molecule has 3 heteroatoms. The van der Waals surface area contributed by atoms with Gasteiger partial charge < -0.3 is 5.73 Å². The maximum Gasteiger partial charge on any atom is 0.125 e. The van der Waals surface area contributed by atoms with Crippen molar-refractivity contribution < 1.29 is 0 Å². The van der Waals surface area contributed by atoms with Gasteiger partial charge in [0.05, 0.1) is 5.69 Å². The molecule has 0 saturated heterocycles. The van der Waals surface area contributed by atoms with Crippen molar-refractivity contribution in [3.63, 3.8) is 0 Å². The van der Waals surface area contributed by atoms with Gasteiger partial charge in [-0.1, -0.05) is 20.8 Å². The highest BCUT2D eigenvalue weighted by Crippen LogP contribution is 2.23. The standard InChI is InChI=1S/C11H19N3/c1-8-13-7-9(5-6-12)10(14-8)11(2,3)4/h7H,5-6,12H2,1-4H3. The van der Waals surface area contributed by atoms with Gasteiger partial charge in [-0.25, -0.2) is 9.97 Å². The second kappa shape index (κ2) is 4.05. The maximum atomic E-state index is 5.56. The van der Waals surface area contributed by atoms with E-state index in [1.165, 1.54) is 5.56 Å². The lowest BCUT2D eigenvalue weighted by molar-refractivity contribution is 0.555. The van der Waals surface area contributed by atoms with Crippen molar-refractivity contribution in [3.05, 3.63) is 23.3 Å². The van der Waals surface area contributed by atoms with E-state index in [1.54, 1.807) is 0 Å². The number of hydrogen-bond acceptors (Lipinski definition) is 3. The van der Waals surface area contributed by atoms with Gasteiger partial charge in [0.2, 0.25) is 0 Å². The van der Waals surface area contributed by atoms with Crippen LogP contribution < -0.4 is 5.73 Å². The van der Waals surface area contributed by atoms with Crippen LogP contribution in [0.4, 0.5) is 0 Å². The van der Waals surface area contributed by atoms with Gasteiger partial charge in [-0.3, -0.25) is 0 Å². The highest BCUT2D eigenvalue weighted by Gasteiger charge is 2.19. The Balaban J connectivity index is 3.16. The first-order chi connectivity index (χ1) is 6.45. The van der Waals surface area contributed by atoms with Crippen LogP contribution in [0.15, 0.2) is 6.20 Å². The van der Waals surface area contributed by atoms with Gasteiger partial charge in [0.25, 0.3) is 0 Å². The first-order valence-electron chi connectivity index (χ1n) is 4.98. The van der Waals surface area contributed by atoms with Crippen LogP contribution in [0.1, 0.15) is 37.9 Å². The Labute approximate surface area is 85.8 Å². The number of aromatic nitrogens is 2. The zero-order valence-electron chi connectivity index (χ0n) is 9.46. The molecule has 0 unspecified atom stereocenters. The van der Waals surface area contributed by atoms with Crippen LogP contribution in [0.5, 0.6) is 0 Å². The highest BCUT2D eigenvalue weighted by molar-refractivity contribution is 5.24. The van der Waals surface area contributed by atoms with E-state index < -0.39 is 0 Å². The summed E-state index contributed by atoms with van der Waals surface area (Å²) in [4.78, 5) is 8.70. The molecule has 0 aliphatic rings. The molecular formula is C11H19N3. The van der Waals surface area contributed by atoms with E-state index in [1.807, 2.05) is 13.1 Å². The molecule has 0 spiro atoms. The zero-order chi connectivity index (χ0) is 10.8. The number of nitrogens with zero attached hydrogens (tertiary/aromatic N) is 2. The Bertz CT molecular complexity index is 313. The van der Waals surface area contributed by atoms with Gasteiger partial charge in [0.1, 0.15) is 5.82 Å². The number of rotatable bonds is 2. The van der Waals surface area contributed by atoms with Crippen molar-refractivity contribution in [3.8, 4) is 0 Å². The molecule has 1 rings (SSSR count). The van der Waals surface area contributed by atoms with Crippen LogP contribution >= 0.6 is 0 Å². The van der Waals surface area contributed by atoms with Crippen LogP contribution in [0.2, 0.25) is 0 Å². The van der Waals surface area contributed by atoms with E-state index in [9.17, 15) is 0 Å². The van der Waals surface area contributed by atoms with E-state index in [-0.39, 0.29) is 5.41 Å². The lowest BCUT2D eigenvalue weighted by Gasteiger charge is -2.21. The molecule has 1 aromatic heterocycles. The van der Waals surface area contributed by atoms with Crippen molar-refractivity contribution in [1.29, 1.82) is 0 Å². The molecule has 1 heterocycles. The first kappa shape index (κ1) is 11.1. The minimum absolute atomic E-state index is 0.0677. The third kappa shape index (κ3) is 2.51. The monoisotopic (exact) mass is 193 g/mol. The van der Waals surface area contributed by atoms with Crippen LogP contribution in [0.3, 0.4) is 0 Å². The third-order valence-corrected chi connectivity index (χ3v) is 2.11. The lowest BCUT2D eigenvalue weighted by atomic mass is 9.88. The molecule has 0 aliphatic carbocycles. The molecule has 14 heavy (non-hydrogen) atoms. The lowest BCUT2D eigenvalue weighted by Crippen LogP contribution is -2.19. The average molecular weight is 193 g/mol. The van der Waals surface area contributed by atoms with Crippen molar-refractivity contribution in [1.82, 2.24) is 9.97 Å². The molecule has 2 N–H and O–H groups in total. The smallest absolute Gasteiger partial charge is 0.125 e. The van der Waals surface area contributed by atoms with Crippen molar-refractivity contribution in [2.24, 2.45) is 5.73 Å². The van der Waals surface area contributed by atoms with E-state index in [0.717, 1.165) is 17.9 Å². The fourth-order valence-electron chi connectivity index (χ4n) is 1.48. The summed E-state index contributed by atoms with van der Waals surface area (Å²) >= 11 is 0. The van der Waals surface area contributed by atoms with Crippen LogP contribution in [0, 0.1) is 6.92 Å². The van der Waals surface area contributed by atoms with Crippen molar-refractivity contribution in [2.45, 2.75) is 39.5 Å². The van der Waals surface area contributed by atoms with Crippen LogP contribution in [-0.4, -0.2) is 16.5 Å². The van der Waals surface area contributed by atoms with E-state index in [0.29, 0.717) is 6.54 Å². The number of hydrogen-bond donors (Lipinski definition) is 1. The largest absolute Gasteiger partial charge is 0.330 e. The molecule has 1 aromatic rings. The summed E-state index contributed by atoms with van der Waals surface area (Å²) in [5.74, 6) is 0.829. The minimum Gasteiger partial charge on any atom is -0.330 e. The Morgan fingerprint density at radius 3 is 2.50 bits per heavy atom. The summed E-state index contributed by atoms with van der Waals surface area (Å²) in [6, 6.07) is 0. The Hall–Kier alpha value is -0.960. The average Bonchev–Trinajstić information content (AvgIpc) is 2.07. The molecule has 0 aliphatic heterocycles. The summed E-state index contributed by atoms with van der Waals surface area (Å²) in [6.07, 6.45) is 2.75. The molecule has 0 saturated carbocycles. The fourth-order valence-corrected chi connectivity index (χ4v) is 1.48.